The first-order chi connectivity index (χ1) is 8.91. The molecule has 0 saturated heterocycles. The zero-order valence-corrected chi connectivity index (χ0v) is 13.2. The Hall–Kier alpha value is -1.07. The average Bonchev–Trinajstić information content (AvgIpc) is 2.39. The van der Waals surface area contributed by atoms with Gasteiger partial charge in [-0.15, -0.1) is 0 Å². The minimum absolute atomic E-state index is 0.0468. The standard InChI is InChI=1S/C14H21BrN2O2/c1-10(2)13(16)14(18)17(3)8-9-19-12-6-4-11(15)5-7-12/h4-7,10,13H,8-9,16H2,1-3H3. The van der Waals surface area contributed by atoms with Gasteiger partial charge in [0.15, 0.2) is 0 Å². The highest BCUT2D eigenvalue weighted by molar-refractivity contribution is 9.10. The van der Waals surface area contributed by atoms with Crippen molar-refractivity contribution in [1.82, 2.24) is 4.90 Å². The quantitative estimate of drug-likeness (QED) is 0.871. The molecule has 1 atom stereocenters. The van der Waals surface area contributed by atoms with Crippen LogP contribution in [0.2, 0.25) is 0 Å². The Labute approximate surface area is 123 Å². The number of hydrogen-bond donors (Lipinski definition) is 1. The Morgan fingerprint density at radius 1 is 1.37 bits per heavy atom. The molecule has 1 rings (SSSR count). The summed E-state index contributed by atoms with van der Waals surface area (Å²) in [6, 6.07) is 7.15. The number of ether oxygens (including phenoxy) is 1. The van der Waals surface area contributed by atoms with E-state index in [0.717, 1.165) is 10.2 Å². The number of benzene rings is 1. The Morgan fingerprint density at radius 2 is 1.95 bits per heavy atom. The third kappa shape index (κ3) is 5.20. The molecule has 106 valence electrons. The number of amides is 1. The van der Waals surface area contributed by atoms with Gasteiger partial charge >= 0.3 is 0 Å². The molecule has 1 aromatic rings. The Bertz CT molecular complexity index is 406. The molecule has 0 aliphatic carbocycles. The highest BCUT2D eigenvalue weighted by Crippen LogP contribution is 2.15. The van der Waals surface area contributed by atoms with Crippen LogP contribution >= 0.6 is 15.9 Å². The summed E-state index contributed by atoms with van der Waals surface area (Å²) < 4.78 is 6.58. The molecule has 0 radical (unpaired) electrons. The van der Waals surface area contributed by atoms with Gasteiger partial charge in [0.05, 0.1) is 12.6 Å². The lowest BCUT2D eigenvalue weighted by Gasteiger charge is -2.23. The van der Waals surface area contributed by atoms with Crippen LogP contribution in [-0.4, -0.2) is 37.0 Å². The SMILES string of the molecule is CC(C)C(N)C(=O)N(C)CCOc1ccc(Br)cc1. The highest BCUT2D eigenvalue weighted by Gasteiger charge is 2.20. The Morgan fingerprint density at radius 3 is 2.47 bits per heavy atom. The predicted molar refractivity (Wildman–Crippen MR) is 80.1 cm³/mol. The summed E-state index contributed by atoms with van der Waals surface area (Å²) in [7, 11) is 1.75. The monoisotopic (exact) mass is 328 g/mol. The van der Waals surface area contributed by atoms with E-state index >= 15 is 0 Å². The summed E-state index contributed by atoms with van der Waals surface area (Å²) in [5.74, 6) is 0.883. The fraction of sp³-hybridized carbons (Fsp3) is 0.500. The van der Waals surface area contributed by atoms with E-state index < -0.39 is 6.04 Å². The van der Waals surface area contributed by atoms with Crippen LogP contribution < -0.4 is 10.5 Å². The smallest absolute Gasteiger partial charge is 0.239 e. The van der Waals surface area contributed by atoms with Gasteiger partial charge in [-0.1, -0.05) is 29.8 Å². The van der Waals surface area contributed by atoms with Gasteiger partial charge in [0.1, 0.15) is 12.4 Å². The molecule has 5 heteroatoms. The number of hydrogen-bond acceptors (Lipinski definition) is 3. The van der Waals surface area contributed by atoms with Crippen LogP contribution in [0.3, 0.4) is 0 Å². The zero-order valence-electron chi connectivity index (χ0n) is 11.6. The molecule has 1 unspecified atom stereocenters. The van der Waals surface area contributed by atoms with Gasteiger partial charge in [-0.05, 0) is 30.2 Å². The first-order valence-corrected chi connectivity index (χ1v) is 7.10. The lowest BCUT2D eigenvalue weighted by atomic mass is 10.0. The second kappa shape index (κ2) is 7.50. The molecule has 0 bridgehead atoms. The van der Waals surface area contributed by atoms with Crippen molar-refractivity contribution < 1.29 is 9.53 Å². The number of carbonyl (C=O) groups is 1. The van der Waals surface area contributed by atoms with Gasteiger partial charge in [-0.3, -0.25) is 4.79 Å². The molecule has 0 aromatic heterocycles. The van der Waals surface area contributed by atoms with Crippen molar-refractivity contribution in [3.8, 4) is 5.75 Å². The van der Waals surface area contributed by atoms with Gasteiger partial charge in [0, 0.05) is 11.5 Å². The number of rotatable bonds is 6. The van der Waals surface area contributed by atoms with Gasteiger partial charge in [-0.2, -0.15) is 0 Å². The van der Waals surface area contributed by atoms with Crippen LogP contribution in [0.4, 0.5) is 0 Å². The predicted octanol–water partition coefficient (Wildman–Crippen LogP) is 2.27. The number of likely N-dealkylation sites (N-methyl/N-ethyl adjacent to an activating group) is 1. The number of halogens is 1. The van der Waals surface area contributed by atoms with Gasteiger partial charge in [0.2, 0.25) is 5.91 Å². The van der Waals surface area contributed by atoms with Crippen molar-refractivity contribution in [2.75, 3.05) is 20.2 Å². The van der Waals surface area contributed by atoms with Crippen LogP contribution in [0.5, 0.6) is 5.75 Å². The number of carbonyl (C=O) groups excluding carboxylic acids is 1. The maximum atomic E-state index is 11.9. The van der Waals surface area contributed by atoms with Crippen molar-refractivity contribution in [1.29, 1.82) is 0 Å². The maximum absolute atomic E-state index is 11.9. The molecule has 0 spiro atoms. The molecular formula is C14H21BrN2O2. The second-order valence-corrected chi connectivity index (χ2v) is 5.75. The third-order valence-corrected chi connectivity index (χ3v) is 3.42. The van der Waals surface area contributed by atoms with Crippen molar-refractivity contribution in [3.63, 3.8) is 0 Å². The van der Waals surface area contributed by atoms with Gasteiger partial charge in [0.25, 0.3) is 0 Å². The molecule has 0 aliphatic rings. The summed E-state index contributed by atoms with van der Waals surface area (Å²) >= 11 is 3.36. The first-order valence-electron chi connectivity index (χ1n) is 6.30. The fourth-order valence-corrected chi connectivity index (χ4v) is 1.75. The van der Waals surface area contributed by atoms with E-state index in [0.29, 0.717) is 13.2 Å². The summed E-state index contributed by atoms with van der Waals surface area (Å²) in [6.07, 6.45) is 0. The van der Waals surface area contributed by atoms with Crippen molar-refractivity contribution >= 4 is 21.8 Å². The van der Waals surface area contributed by atoms with E-state index in [1.165, 1.54) is 0 Å². The minimum atomic E-state index is -0.447. The lowest BCUT2D eigenvalue weighted by molar-refractivity contribution is -0.132. The van der Waals surface area contributed by atoms with Crippen LogP contribution in [0.25, 0.3) is 0 Å². The number of nitrogens with zero attached hydrogens (tertiary/aromatic N) is 1. The first kappa shape index (κ1) is 16.0. The van der Waals surface area contributed by atoms with Gasteiger partial charge < -0.3 is 15.4 Å². The normalized spacial score (nSPS) is 12.3. The molecular weight excluding hydrogens is 308 g/mol. The van der Waals surface area contributed by atoms with Crippen molar-refractivity contribution in [2.45, 2.75) is 19.9 Å². The van der Waals surface area contributed by atoms with E-state index in [1.807, 2.05) is 38.1 Å². The molecule has 1 amide bonds. The molecule has 0 aliphatic heterocycles. The molecule has 0 saturated carbocycles. The van der Waals surface area contributed by atoms with Crippen LogP contribution in [0, 0.1) is 5.92 Å². The molecule has 2 N–H and O–H groups in total. The summed E-state index contributed by atoms with van der Waals surface area (Å²) in [5, 5.41) is 0. The zero-order chi connectivity index (χ0) is 14.4. The summed E-state index contributed by atoms with van der Waals surface area (Å²) in [6.45, 7) is 4.85. The Kier molecular flexibility index (Phi) is 6.31. The molecule has 0 fully saturated rings. The van der Waals surface area contributed by atoms with E-state index in [-0.39, 0.29) is 11.8 Å². The molecule has 1 aromatic carbocycles. The molecule has 19 heavy (non-hydrogen) atoms. The van der Waals surface area contributed by atoms with Crippen molar-refractivity contribution in [2.24, 2.45) is 11.7 Å². The van der Waals surface area contributed by atoms with E-state index in [4.69, 9.17) is 10.5 Å². The maximum Gasteiger partial charge on any atom is 0.239 e. The highest BCUT2D eigenvalue weighted by atomic mass is 79.9. The summed E-state index contributed by atoms with van der Waals surface area (Å²) in [4.78, 5) is 13.5. The largest absolute Gasteiger partial charge is 0.492 e. The fourth-order valence-electron chi connectivity index (χ4n) is 1.48. The minimum Gasteiger partial charge on any atom is -0.492 e. The van der Waals surface area contributed by atoms with Gasteiger partial charge in [-0.25, -0.2) is 0 Å². The topological polar surface area (TPSA) is 55.6 Å². The van der Waals surface area contributed by atoms with Crippen molar-refractivity contribution in [3.05, 3.63) is 28.7 Å². The summed E-state index contributed by atoms with van der Waals surface area (Å²) in [5.41, 5.74) is 5.82. The van der Waals surface area contributed by atoms with E-state index in [9.17, 15) is 4.79 Å². The van der Waals surface area contributed by atoms with Crippen LogP contribution in [0.1, 0.15) is 13.8 Å². The third-order valence-electron chi connectivity index (χ3n) is 2.89. The lowest BCUT2D eigenvalue weighted by Crippen LogP contribution is -2.46. The van der Waals surface area contributed by atoms with E-state index in [2.05, 4.69) is 15.9 Å². The molecule has 0 heterocycles. The number of nitrogens with two attached hydrogens (primary N) is 1. The Balaban J connectivity index is 2.36. The van der Waals surface area contributed by atoms with E-state index in [1.54, 1.807) is 11.9 Å². The van der Waals surface area contributed by atoms with Crippen LogP contribution in [-0.2, 0) is 4.79 Å². The second-order valence-electron chi connectivity index (χ2n) is 4.83. The average molecular weight is 329 g/mol. The molecule has 4 nitrogen and oxygen atoms in total. The van der Waals surface area contributed by atoms with Crippen LogP contribution in [0.15, 0.2) is 28.7 Å².